The lowest BCUT2D eigenvalue weighted by Gasteiger charge is -2.25. The van der Waals surface area contributed by atoms with Gasteiger partial charge in [0.05, 0.1) is 5.01 Å². The van der Waals surface area contributed by atoms with Crippen molar-refractivity contribution >= 4 is 11.3 Å². The largest absolute Gasteiger partial charge is 0.311 e. The fraction of sp³-hybridized carbons (Fsp3) is 0.471. The Hall–Kier alpha value is -1.26. The highest BCUT2D eigenvalue weighted by Gasteiger charge is 2.20. The molecule has 0 radical (unpaired) electrons. The zero-order valence-corrected chi connectivity index (χ0v) is 13.9. The van der Waals surface area contributed by atoms with E-state index in [-0.39, 0.29) is 17.3 Å². The van der Waals surface area contributed by atoms with Crippen molar-refractivity contribution in [2.75, 3.05) is 6.54 Å². The number of nitrogens with one attached hydrogen (secondary N) is 1. The van der Waals surface area contributed by atoms with Crippen molar-refractivity contribution in [3.05, 3.63) is 51.7 Å². The van der Waals surface area contributed by atoms with Crippen LogP contribution in [0.4, 0.5) is 4.39 Å². The Morgan fingerprint density at radius 1 is 1.29 bits per heavy atom. The summed E-state index contributed by atoms with van der Waals surface area (Å²) in [4.78, 5) is 4.52. The first-order valence-electron chi connectivity index (χ1n) is 7.25. The third kappa shape index (κ3) is 4.90. The van der Waals surface area contributed by atoms with Crippen LogP contribution in [0.2, 0.25) is 0 Å². The van der Waals surface area contributed by atoms with Crippen LogP contribution < -0.4 is 5.32 Å². The van der Waals surface area contributed by atoms with Crippen molar-refractivity contribution in [3.8, 4) is 0 Å². The lowest BCUT2D eigenvalue weighted by molar-refractivity contribution is 0.400. The second kappa shape index (κ2) is 6.67. The highest BCUT2D eigenvalue weighted by atomic mass is 32.1. The monoisotopic (exact) mass is 306 g/mol. The van der Waals surface area contributed by atoms with Gasteiger partial charge in [-0.1, -0.05) is 18.2 Å². The Morgan fingerprint density at radius 3 is 2.57 bits per heavy atom. The number of benzene rings is 1. The van der Waals surface area contributed by atoms with E-state index in [2.05, 4.69) is 31.1 Å². The molecule has 0 aliphatic heterocycles. The van der Waals surface area contributed by atoms with Gasteiger partial charge in [-0.3, -0.25) is 0 Å². The van der Waals surface area contributed by atoms with E-state index in [9.17, 15) is 4.39 Å². The number of nitrogens with zero attached hydrogens (tertiary/aromatic N) is 1. The zero-order chi connectivity index (χ0) is 15.5. The second-order valence-corrected chi connectivity index (χ2v) is 7.38. The maximum atomic E-state index is 14.1. The van der Waals surface area contributed by atoms with Gasteiger partial charge in [0.25, 0.3) is 0 Å². The number of hydrogen-bond acceptors (Lipinski definition) is 3. The van der Waals surface area contributed by atoms with Crippen LogP contribution in [-0.2, 0) is 6.42 Å². The van der Waals surface area contributed by atoms with Crippen LogP contribution in [0.3, 0.4) is 0 Å². The molecule has 1 atom stereocenters. The summed E-state index contributed by atoms with van der Waals surface area (Å²) in [6, 6.07) is 7.05. The Balaban J connectivity index is 2.19. The summed E-state index contributed by atoms with van der Waals surface area (Å²) in [5.41, 5.74) is 1.82. The molecule has 1 unspecified atom stereocenters. The van der Waals surface area contributed by atoms with E-state index in [1.54, 1.807) is 17.4 Å². The van der Waals surface area contributed by atoms with Gasteiger partial charge >= 0.3 is 0 Å². The van der Waals surface area contributed by atoms with E-state index in [1.165, 1.54) is 6.07 Å². The van der Waals surface area contributed by atoms with Crippen LogP contribution in [0.15, 0.2) is 29.6 Å². The number of halogens is 1. The normalized spacial score (nSPS) is 13.4. The molecule has 0 amide bonds. The van der Waals surface area contributed by atoms with Gasteiger partial charge in [0.1, 0.15) is 5.82 Å². The molecule has 0 fully saturated rings. The standard InChI is InChI=1S/C17H23FN2S/c1-12-11-21-16(20-12)9-13(10-19-17(2,3)4)14-7-5-6-8-15(14)18/h5-8,11,13,19H,9-10H2,1-4H3. The minimum absolute atomic E-state index is 0.0162. The van der Waals surface area contributed by atoms with E-state index in [1.807, 2.05) is 24.4 Å². The Bertz CT molecular complexity index is 586. The molecule has 1 heterocycles. The van der Waals surface area contributed by atoms with Crippen molar-refractivity contribution in [1.82, 2.24) is 10.3 Å². The van der Waals surface area contributed by atoms with Crippen molar-refractivity contribution in [3.63, 3.8) is 0 Å². The SMILES string of the molecule is Cc1csc(CC(CNC(C)(C)C)c2ccccc2F)n1. The van der Waals surface area contributed by atoms with Crippen LogP contribution in [0, 0.1) is 12.7 Å². The van der Waals surface area contributed by atoms with Crippen LogP contribution >= 0.6 is 11.3 Å². The molecule has 0 saturated heterocycles. The lowest BCUT2D eigenvalue weighted by atomic mass is 9.94. The van der Waals surface area contributed by atoms with Gasteiger partial charge in [-0.15, -0.1) is 11.3 Å². The van der Waals surface area contributed by atoms with Gasteiger partial charge in [0, 0.05) is 35.5 Å². The Labute approximate surface area is 130 Å². The van der Waals surface area contributed by atoms with Crippen molar-refractivity contribution in [2.24, 2.45) is 0 Å². The summed E-state index contributed by atoms with van der Waals surface area (Å²) in [6.45, 7) is 9.10. The predicted octanol–water partition coefficient (Wildman–Crippen LogP) is 4.31. The van der Waals surface area contributed by atoms with Crippen molar-refractivity contribution in [1.29, 1.82) is 0 Å². The minimum atomic E-state index is -0.133. The maximum absolute atomic E-state index is 14.1. The zero-order valence-electron chi connectivity index (χ0n) is 13.1. The van der Waals surface area contributed by atoms with E-state index in [0.717, 1.165) is 29.2 Å². The van der Waals surface area contributed by atoms with Crippen molar-refractivity contribution < 1.29 is 4.39 Å². The third-order valence-corrected chi connectivity index (χ3v) is 4.30. The van der Waals surface area contributed by atoms with Gasteiger partial charge in [-0.2, -0.15) is 0 Å². The summed E-state index contributed by atoms with van der Waals surface area (Å²) >= 11 is 1.65. The van der Waals surface area contributed by atoms with Gasteiger partial charge in [-0.05, 0) is 39.3 Å². The number of hydrogen-bond donors (Lipinski definition) is 1. The minimum Gasteiger partial charge on any atom is -0.311 e. The van der Waals surface area contributed by atoms with Crippen molar-refractivity contribution in [2.45, 2.75) is 45.6 Å². The molecule has 0 bridgehead atoms. The molecule has 0 aliphatic rings. The highest BCUT2D eigenvalue weighted by Crippen LogP contribution is 2.25. The first kappa shape index (κ1) is 16.1. The maximum Gasteiger partial charge on any atom is 0.126 e. The molecule has 1 aromatic heterocycles. The first-order valence-corrected chi connectivity index (χ1v) is 8.13. The molecular formula is C17H23FN2S. The van der Waals surface area contributed by atoms with E-state index >= 15 is 0 Å². The number of rotatable bonds is 5. The molecule has 1 N–H and O–H groups in total. The summed E-state index contributed by atoms with van der Waals surface area (Å²) in [7, 11) is 0. The Morgan fingerprint density at radius 2 is 2.00 bits per heavy atom. The fourth-order valence-electron chi connectivity index (χ4n) is 2.23. The third-order valence-electron chi connectivity index (χ3n) is 3.31. The summed E-state index contributed by atoms with van der Waals surface area (Å²) in [5.74, 6) is -0.0394. The van der Waals surface area contributed by atoms with Crippen LogP contribution in [0.5, 0.6) is 0 Å². The molecule has 0 saturated carbocycles. The highest BCUT2D eigenvalue weighted by molar-refractivity contribution is 7.09. The molecule has 4 heteroatoms. The number of thiazole rings is 1. The van der Waals surface area contributed by atoms with E-state index in [4.69, 9.17) is 0 Å². The molecule has 0 spiro atoms. The average molecular weight is 306 g/mol. The van der Waals surface area contributed by atoms with Crippen LogP contribution in [0.25, 0.3) is 0 Å². The van der Waals surface area contributed by atoms with Gasteiger partial charge in [0.2, 0.25) is 0 Å². The van der Waals surface area contributed by atoms with Gasteiger partial charge in [0.15, 0.2) is 0 Å². The number of aryl methyl sites for hydroxylation is 1. The molecular weight excluding hydrogens is 283 g/mol. The van der Waals surface area contributed by atoms with Gasteiger partial charge in [-0.25, -0.2) is 9.37 Å². The predicted molar refractivity (Wildman–Crippen MR) is 87.5 cm³/mol. The average Bonchev–Trinajstić information content (AvgIpc) is 2.80. The molecule has 0 aliphatic carbocycles. The number of aromatic nitrogens is 1. The second-order valence-electron chi connectivity index (χ2n) is 6.44. The fourth-order valence-corrected chi connectivity index (χ4v) is 3.09. The van der Waals surface area contributed by atoms with E-state index < -0.39 is 0 Å². The molecule has 2 aromatic rings. The Kier molecular flexibility index (Phi) is 5.12. The summed E-state index contributed by atoms with van der Waals surface area (Å²) in [5, 5.41) is 6.60. The lowest BCUT2D eigenvalue weighted by Crippen LogP contribution is -2.39. The summed E-state index contributed by atoms with van der Waals surface area (Å²) < 4.78 is 14.1. The smallest absolute Gasteiger partial charge is 0.126 e. The quantitative estimate of drug-likeness (QED) is 0.890. The molecule has 114 valence electrons. The summed E-state index contributed by atoms with van der Waals surface area (Å²) in [6.07, 6.45) is 0.766. The first-order chi connectivity index (χ1) is 9.85. The van der Waals surface area contributed by atoms with E-state index in [0.29, 0.717) is 0 Å². The molecule has 2 nitrogen and oxygen atoms in total. The van der Waals surface area contributed by atoms with Gasteiger partial charge < -0.3 is 5.32 Å². The molecule has 2 rings (SSSR count). The topological polar surface area (TPSA) is 24.9 Å². The van der Waals surface area contributed by atoms with Crippen LogP contribution in [0.1, 0.15) is 43.0 Å². The molecule has 21 heavy (non-hydrogen) atoms. The molecule has 1 aromatic carbocycles. The van der Waals surface area contributed by atoms with Crippen LogP contribution in [-0.4, -0.2) is 17.1 Å².